The molecule has 0 aromatic heterocycles. The largest absolute Gasteiger partial charge is 0.496 e. The van der Waals surface area contributed by atoms with E-state index in [4.69, 9.17) is 4.74 Å². The zero-order valence-corrected chi connectivity index (χ0v) is 11.3. The van der Waals surface area contributed by atoms with Crippen LogP contribution < -0.4 is 10.1 Å². The average Bonchev–Trinajstić information content (AvgIpc) is 2.39. The number of methoxy groups -OCH3 is 1. The number of rotatable bonds is 6. The second kappa shape index (κ2) is 7.54. The van der Waals surface area contributed by atoms with Gasteiger partial charge in [0.05, 0.1) is 7.11 Å². The molecule has 0 saturated carbocycles. The molecule has 3 heteroatoms. The standard InChI is InChI=1S/C15H21NO2/c1-4-7-12(2)15(17)16-11-10-13-8-5-6-9-14(13)18-3/h5-9H,4,10-11H2,1-3H3,(H,16,17). The molecule has 0 aliphatic rings. The van der Waals surface area contributed by atoms with Gasteiger partial charge in [-0.25, -0.2) is 0 Å². The Morgan fingerprint density at radius 1 is 1.39 bits per heavy atom. The van der Waals surface area contributed by atoms with Crippen LogP contribution in [0.15, 0.2) is 35.9 Å². The molecule has 1 rings (SSSR count). The molecule has 0 spiro atoms. The van der Waals surface area contributed by atoms with Gasteiger partial charge in [0.25, 0.3) is 0 Å². The van der Waals surface area contributed by atoms with Crippen LogP contribution in [0.2, 0.25) is 0 Å². The van der Waals surface area contributed by atoms with Gasteiger partial charge in [-0.1, -0.05) is 31.2 Å². The Kier molecular flexibility index (Phi) is 5.98. The van der Waals surface area contributed by atoms with Crippen molar-refractivity contribution in [1.29, 1.82) is 0 Å². The molecule has 0 unspecified atom stereocenters. The summed E-state index contributed by atoms with van der Waals surface area (Å²) in [4.78, 5) is 11.7. The van der Waals surface area contributed by atoms with E-state index in [0.717, 1.165) is 29.7 Å². The Labute approximate surface area is 109 Å². The van der Waals surface area contributed by atoms with Gasteiger partial charge in [0.15, 0.2) is 0 Å². The van der Waals surface area contributed by atoms with Gasteiger partial charge in [-0.2, -0.15) is 0 Å². The third-order valence-electron chi connectivity index (χ3n) is 2.74. The highest BCUT2D eigenvalue weighted by atomic mass is 16.5. The van der Waals surface area contributed by atoms with E-state index in [0.29, 0.717) is 6.54 Å². The summed E-state index contributed by atoms with van der Waals surface area (Å²) in [5, 5.41) is 2.90. The van der Waals surface area contributed by atoms with Gasteiger partial charge in [-0.05, 0) is 31.4 Å². The van der Waals surface area contributed by atoms with E-state index < -0.39 is 0 Å². The maximum Gasteiger partial charge on any atom is 0.246 e. The van der Waals surface area contributed by atoms with E-state index in [1.165, 1.54) is 0 Å². The number of para-hydroxylation sites is 1. The summed E-state index contributed by atoms with van der Waals surface area (Å²) in [6, 6.07) is 7.86. The number of hydrogen-bond acceptors (Lipinski definition) is 2. The summed E-state index contributed by atoms with van der Waals surface area (Å²) in [5.41, 5.74) is 1.88. The molecule has 1 N–H and O–H groups in total. The molecule has 0 fully saturated rings. The van der Waals surface area contributed by atoms with E-state index in [9.17, 15) is 4.79 Å². The zero-order valence-electron chi connectivity index (χ0n) is 11.3. The van der Waals surface area contributed by atoms with Crippen LogP contribution >= 0.6 is 0 Å². The zero-order chi connectivity index (χ0) is 13.4. The van der Waals surface area contributed by atoms with Crippen molar-refractivity contribution < 1.29 is 9.53 Å². The van der Waals surface area contributed by atoms with Crippen molar-refractivity contribution in [3.8, 4) is 5.75 Å². The van der Waals surface area contributed by atoms with Gasteiger partial charge in [0.2, 0.25) is 5.91 Å². The lowest BCUT2D eigenvalue weighted by molar-refractivity contribution is -0.117. The van der Waals surface area contributed by atoms with Crippen LogP contribution in [0.5, 0.6) is 5.75 Å². The number of allylic oxidation sites excluding steroid dienone is 1. The lowest BCUT2D eigenvalue weighted by Crippen LogP contribution is -2.26. The molecule has 1 aromatic carbocycles. The number of amides is 1. The highest BCUT2D eigenvalue weighted by Crippen LogP contribution is 2.17. The van der Waals surface area contributed by atoms with Crippen LogP contribution in [0.3, 0.4) is 0 Å². The molecule has 0 aliphatic carbocycles. The molecule has 3 nitrogen and oxygen atoms in total. The SMILES string of the molecule is CCC=C(C)C(=O)NCCc1ccccc1OC. The maximum absolute atomic E-state index is 11.7. The van der Waals surface area contributed by atoms with Crippen molar-refractivity contribution in [2.45, 2.75) is 26.7 Å². The van der Waals surface area contributed by atoms with Gasteiger partial charge in [0, 0.05) is 12.1 Å². The molecule has 0 aliphatic heterocycles. The second-order valence-corrected chi connectivity index (χ2v) is 4.11. The third-order valence-corrected chi connectivity index (χ3v) is 2.74. The Bertz CT molecular complexity index is 424. The van der Waals surface area contributed by atoms with Gasteiger partial charge in [-0.3, -0.25) is 4.79 Å². The number of ether oxygens (including phenoxy) is 1. The first kappa shape index (κ1) is 14.3. The summed E-state index contributed by atoms with van der Waals surface area (Å²) >= 11 is 0. The smallest absolute Gasteiger partial charge is 0.246 e. The maximum atomic E-state index is 11.7. The molecule has 0 heterocycles. The molecule has 0 bridgehead atoms. The lowest BCUT2D eigenvalue weighted by atomic mass is 10.1. The summed E-state index contributed by atoms with van der Waals surface area (Å²) in [6.45, 7) is 4.47. The molecule has 0 saturated heterocycles. The minimum Gasteiger partial charge on any atom is -0.496 e. The number of carbonyl (C=O) groups is 1. The molecular formula is C15H21NO2. The first-order valence-electron chi connectivity index (χ1n) is 6.25. The van der Waals surface area contributed by atoms with E-state index in [-0.39, 0.29) is 5.91 Å². The van der Waals surface area contributed by atoms with Crippen molar-refractivity contribution in [2.75, 3.05) is 13.7 Å². The molecule has 1 amide bonds. The number of hydrogen-bond donors (Lipinski definition) is 1. The monoisotopic (exact) mass is 247 g/mol. The van der Waals surface area contributed by atoms with E-state index in [2.05, 4.69) is 5.32 Å². The van der Waals surface area contributed by atoms with E-state index >= 15 is 0 Å². The van der Waals surface area contributed by atoms with E-state index in [1.54, 1.807) is 7.11 Å². The predicted molar refractivity (Wildman–Crippen MR) is 73.8 cm³/mol. The molecule has 0 atom stereocenters. The Morgan fingerprint density at radius 3 is 2.78 bits per heavy atom. The average molecular weight is 247 g/mol. The van der Waals surface area contributed by atoms with Crippen LogP contribution in [0, 0.1) is 0 Å². The number of benzene rings is 1. The first-order valence-corrected chi connectivity index (χ1v) is 6.25. The van der Waals surface area contributed by atoms with Crippen LogP contribution in [0.25, 0.3) is 0 Å². The van der Waals surface area contributed by atoms with Crippen LogP contribution in [-0.2, 0) is 11.2 Å². The summed E-state index contributed by atoms with van der Waals surface area (Å²) in [6.07, 6.45) is 3.58. The van der Waals surface area contributed by atoms with Crippen molar-refractivity contribution in [3.63, 3.8) is 0 Å². The van der Waals surface area contributed by atoms with Gasteiger partial charge in [-0.15, -0.1) is 0 Å². The Balaban J connectivity index is 2.47. The van der Waals surface area contributed by atoms with Crippen molar-refractivity contribution in [3.05, 3.63) is 41.5 Å². The Hall–Kier alpha value is -1.77. The van der Waals surface area contributed by atoms with Crippen molar-refractivity contribution in [2.24, 2.45) is 0 Å². The normalized spacial score (nSPS) is 11.2. The van der Waals surface area contributed by atoms with Crippen LogP contribution in [-0.4, -0.2) is 19.6 Å². The van der Waals surface area contributed by atoms with Crippen molar-refractivity contribution in [1.82, 2.24) is 5.32 Å². The number of carbonyl (C=O) groups excluding carboxylic acids is 1. The number of nitrogens with one attached hydrogen (secondary N) is 1. The van der Waals surface area contributed by atoms with Gasteiger partial charge >= 0.3 is 0 Å². The highest BCUT2D eigenvalue weighted by Gasteiger charge is 2.04. The Morgan fingerprint density at radius 2 is 2.11 bits per heavy atom. The molecule has 1 aromatic rings. The predicted octanol–water partition coefficient (Wildman–Crippen LogP) is 2.71. The second-order valence-electron chi connectivity index (χ2n) is 4.11. The molecular weight excluding hydrogens is 226 g/mol. The minimum absolute atomic E-state index is 0.00625. The molecule has 0 radical (unpaired) electrons. The lowest BCUT2D eigenvalue weighted by Gasteiger charge is -2.09. The molecule has 18 heavy (non-hydrogen) atoms. The quantitative estimate of drug-likeness (QED) is 0.785. The molecule has 98 valence electrons. The highest BCUT2D eigenvalue weighted by molar-refractivity contribution is 5.92. The van der Waals surface area contributed by atoms with Crippen LogP contribution in [0.4, 0.5) is 0 Å². The van der Waals surface area contributed by atoms with Gasteiger partial charge < -0.3 is 10.1 Å². The van der Waals surface area contributed by atoms with Crippen LogP contribution in [0.1, 0.15) is 25.8 Å². The first-order chi connectivity index (χ1) is 8.69. The van der Waals surface area contributed by atoms with Gasteiger partial charge in [0.1, 0.15) is 5.75 Å². The fraction of sp³-hybridized carbons (Fsp3) is 0.400. The summed E-state index contributed by atoms with van der Waals surface area (Å²) in [7, 11) is 1.66. The third kappa shape index (κ3) is 4.24. The summed E-state index contributed by atoms with van der Waals surface area (Å²) in [5.74, 6) is 0.874. The van der Waals surface area contributed by atoms with E-state index in [1.807, 2.05) is 44.2 Å². The van der Waals surface area contributed by atoms with Crippen molar-refractivity contribution >= 4 is 5.91 Å². The summed E-state index contributed by atoms with van der Waals surface area (Å²) < 4.78 is 5.26. The fourth-order valence-corrected chi connectivity index (χ4v) is 1.76. The topological polar surface area (TPSA) is 38.3 Å². The fourth-order valence-electron chi connectivity index (χ4n) is 1.76. The minimum atomic E-state index is 0.00625.